The molecule has 0 atom stereocenters. The van der Waals surface area contributed by atoms with E-state index in [0.717, 1.165) is 11.5 Å². The number of amides is 1. The molecule has 1 aromatic rings. The summed E-state index contributed by atoms with van der Waals surface area (Å²) in [5.74, 6) is 0.918. The quantitative estimate of drug-likeness (QED) is 0.859. The van der Waals surface area contributed by atoms with E-state index in [2.05, 4.69) is 15.6 Å². The van der Waals surface area contributed by atoms with E-state index in [1.54, 1.807) is 6.20 Å². The van der Waals surface area contributed by atoms with Crippen LogP contribution >= 0.6 is 0 Å². The lowest BCUT2D eigenvalue weighted by Crippen LogP contribution is -2.22. The van der Waals surface area contributed by atoms with E-state index in [0.29, 0.717) is 12.5 Å². The lowest BCUT2D eigenvalue weighted by atomic mass is 9.95. The minimum absolute atomic E-state index is 0.0183. The van der Waals surface area contributed by atoms with Crippen LogP contribution in [0.1, 0.15) is 45.4 Å². The molecule has 1 aliphatic rings. The van der Waals surface area contributed by atoms with Crippen LogP contribution in [0.3, 0.4) is 0 Å². The standard InChI is InChI=1S/C14H21N3O/c1-2-14(18)17-12-8-9-13(15-10-12)16-11-6-4-3-5-7-11/h8-11H,2-7H2,1H3,(H,15,16)(H,17,18). The molecular weight excluding hydrogens is 226 g/mol. The molecule has 1 aromatic heterocycles. The number of hydrogen-bond donors (Lipinski definition) is 2. The highest BCUT2D eigenvalue weighted by molar-refractivity contribution is 5.90. The molecule has 1 aliphatic carbocycles. The van der Waals surface area contributed by atoms with Gasteiger partial charge in [-0.05, 0) is 25.0 Å². The van der Waals surface area contributed by atoms with Gasteiger partial charge in [0.25, 0.3) is 0 Å². The van der Waals surface area contributed by atoms with Crippen LogP contribution in [0.4, 0.5) is 11.5 Å². The predicted octanol–water partition coefficient (Wildman–Crippen LogP) is 3.17. The topological polar surface area (TPSA) is 54.0 Å². The normalized spacial score (nSPS) is 16.3. The van der Waals surface area contributed by atoms with E-state index in [4.69, 9.17) is 0 Å². The number of anilines is 2. The zero-order valence-corrected chi connectivity index (χ0v) is 10.9. The molecule has 1 amide bonds. The predicted molar refractivity (Wildman–Crippen MR) is 73.7 cm³/mol. The van der Waals surface area contributed by atoms with Crippen molar-refractivity contribution in [2.24, 2.45) is 0 Å². The van der Waals surface area contributed by atoms with E-state index >= 15 is 0 Å². The van der Waals surface area contributed by atoms with Crippen LogP contribution in [0.5, 0.6) is 0 Å². The first-order valence-corrected chi connectivity index (χ1v) is 6.80. The largest absolute Gasteiger partial charge is 0.367 e. The van der Waals surface area contributed by atoms with E-state index in [9.17, 15) is 4.79 Å². The molecule has 0 saturated heterocycles. The minimum atomic E-state index is 0.0183. The lowest BCUT2D eigenvalue weighted by molar-refractivity contribution is -0.115. The van der Waals surface area contributed by atoms with Crippen LogP contribution in [0.15, 0.2) is 18.3 Å². The van der Waals surface area contributed by atoms with Gasteiger partial charge in [0.15, 0.2) is 0 Å². The Hall–Kier alpha value is -1.58. The molecule has 1 fully saturated rings. The maximum atomic E-state index is 11.2. The van der Waals surface area contributed by atoms with Gasteiger partial charge in [-0.15, -0.1) is 0 Å². The number of rotatable bonds is 4. The van der Waals surface area contributed by atoms with Crippen LogP contribution in [0, 0.1) is 0 Å². The van der Waals surface area contributed by atoms with E-state index < -0.39 is 0 Å². The number of nitrogens with one attached hydrogen (secondary N) is 2. The summed E-state index contributed by atoms with van der Waals surface area (Å²) in [5.41, 5.74) is 0.760. The summed E-state index contributed by atoms with van der Waals surface area (Å²) >= 11 is 0. The molecule has 2 rings (SSSR count). The fraction of sp³-hybridized carbons (Fsp3) is 0.571. The van der Waals surface area contributed by atoms with Gasteiger partial charge in [0.1, 0.15) is 5.82 Å². The second kappa shape index (κ2) is 6.38. The molecule has 18 heavy (non-hydrogen) atoms. The zero-order valence-electron chi connectivity index (χ0n) is 10.9. The van der Waals surface area contributed by atoms with E-state index in [-0.39, 0.29) is 5.91 Å². The van der Waals surface area contributed by atoms with Crippen LogP contribution in [0.25, 0.3) is 0 Å². The maximum absolute atomic E-state index is 11.2. The summed E-state index contributed by atoms with van der Waals surface area (Å²) in [7, 11) is 0. The van der Waals surface area contributed by atoms with Crippen molar-refractivity contribution in [2.75, 3.05) is 10.6 Å². The molecule has 0 unspecified atom stereocenters. The Morgan fingerprint density at radius 2 is 2.11 bits per heavy atom. The third kappa shape index (κ3) is 3.72. The second-order valence-corrected chi connectivity index (χ2v) is 4.81. The van der Waals surface area contributed by atoms with Crippen LogP contribution in [-0.4, -0.2) is 16.9 Å². The molecule has 0 radical (unpaired) electrons. The van der Waals surface area contributed by atoms with E-state index in [1.807, 2.05) is 19.1 Å². The Labute approximate surface area is 108 Å². The summed E-state index contributed by atoms with van der Waals surface area (Å²) in [6, 6.07) is 4.38. The summed E-state index contributed by atoms with van der Waals surface area (Å²) in [6.45, 7) is 1.84. The monoisotopic (exact) mass is 247 g/mol. The molecule has 0 aliphatic heterocycles. The molecule has 1 saturated carbocycles. The summed E-state index contributed by atoms with van der Waals surface area (Å²) in [5, 5.41) is 6.24. The molecular formula is C14H21N3O. The summed E-state index contributed by atoms with van der Waals surface area (Å²) < 4.78 is 0. The third-order valence-electron chi connectivity index (χ3n) is 3.33. The van der Waals surface area contributed by atoms with Gasteiger partial charge in [-0.1, -0.05) is 26.2 Å². The van der Waals surface area contributed by atoms with Crippen LogP contribution < -0.4 is 10.6 Å². The van der Waals surface area contributed by atoms with Crippen LogP contribution in [0.2, 0.25) is 0 Å². The summed E-state index contributed by atoms with van der Waals surface area (Å²) in [6.07, 6.45) is 8.63. The first kappa shape index (κ1) is 12.9. The average molecular weight is 247 g/mol. The highest BCUT2D eigenvalue weighted by atomic mass is 16.1. The van der Waals surface area contributed by atoms with Crippen LogP contribution in [-0.2, 0) is 4.79 Å². The first-order valence-electron chi connectivity index (χ1n) is 6.80. The van der Waals surface area contributed by atoms with Crippen molar-refractivity contribution < 1.29 is 4.79 Å². The first-order chi connectivity index (χ1) is 8.78. The fourth-order valence-corrected chi connectivity index (χ4v) is 2.26. The van der Waals surface area contributed by atoms with Gasteiger partial charge in [-0.2, -0.15) is 0 Å². The average Bonchev–Trinajstić information content (AvgIpc) is 2.42. The Morgan fingerprint density at radius 1 is 1.33 bits per heavy atom. The molecule has 4 heteroatoms. The molecule has 0 spiro atoms. The van der Waals surface area contributed by atoms with Gasteiger partial charge >= 0.3 is 0 Å². The number of aromatic nitrogens is 1. The Kier molecular flexibility index (Phi) is 4.56. The second-order valence-electron chi connectivity index (χ2n) is 4.81. The van der Waals surface area contributed by atoms with Gasteiger partial charge in [0.2, 0.25) is 5.91 Å². The number of carbonyl (C=O) groups is 1. The molecule has 0 aromatic carbocycles. The van der Waals surface area contributed by atoms with Gasteiger partial charge < -0.3 is 10.6 Å². The van der Waals surface area contributed by atoms with Gasteiger partial charge in [0.05, 0.1) is 11.9 Å². The van der Waals surface area contributed by atoms with Crippen molar-refractivity contribution in [3.05, 3.63) is 18.3 Å². The van der Waals surface area contributed by atoms with Crippen molar-refractivity contribution in [1.82, 2.24) is 4.98 Å². The number of carbonyl (C=O) groups excluding carboxylic acids is 1. The Morgan fingerprint density at radius 3 is 2.72 bits per heavy atom. The highest BCUT2D eigenvalue weighted by Crippen LogP contribution is 2.21. The fourth-order valence-electron chi connectivity index (χ4n) is 2.26. The van der Waals surface area contributed by atoms with Gasteiger partial charge in [-0.25, -0.2) is 4.98 Å². The van der Waals surface area contributed by atoms with Crippen molar-refractivity contribution in [3.8, 4) is 0 Å². The molecule has 98 valence electrons. The molecule has 2 N–H and O–H groups in total. The highest BCUT2D eigenvalue weighted by Gasteiger charge is 2.13. The Bertz CT molecular complexity index is 383. The van der Waals surface area contributed by atoms with Crippen molar-refractivity contribution >= 4 is 17.4 Å². The SMILES string of the molecule is CCC(=O)Nc1ccc(NC2CCCCC2)nc1. The Balaban J connectivity index is 1.88. The van der Waals surface area contributed by atoms with Gasteiger partial charge in [0, 0.05) is 12.5 Å². The minimum Gasteiger partial charge on any atom is -0.367 e. The molecule has 1 heterocycles. The summed E-state index contributed by atoms with van der Waals surface area (Å²) in [4.78, 5) is 15.6. The third-order valence-corrected chi connectivity index (χ3v) is 3.33. The lowest BCUT2D eigenvalue weighted by Gasteiger charge is -2.23. The van der Waals surface area contributed by atoms with Crippen molar-refractivity contribution in [2.45, 2.75) is 51.5 Å². The molecule has 4 nitrogen and oxygen atoms in total. The molecule has 0 bridgehead atoms. The van der Waals surface area contributed by atoms with Crippen molar-refractivity contribution in [3.63, 3.8) is 0 Å². The zero-order chi connectivity index (χ0) is 12.8. The maximum Gasteiger partial charge on any atom is 0.224 e. The van der Waals surface area contributed by atoms with E-state index in [1.165, 1.54) is 32.1 Å². The smallest absolute Gasteiger partial charge is 0.224 e. The van der Waals surface area contributed by atoms with Gasteiger partial charge in [-0.3, -0.25) is 4.79 Å². The number of pyridine rings is 1. The number of nitrogens with zero attached hydrogens (tertiary/aromatic N) is 1. The number of hydrogen-bond acceptors (Lipinski definition) is 3. The van der Waals surface area contributed by atoms with Crippen molar-refractivity contribution in [1.29, 1.82) is 0 Å².